The summed E-state index contributed by atoms with van der Waals surface area (Å²) in [6.45, 7) is 0.509. The van der Waals surface area contributed by atoms with Crippen molar-refractivity contribution in [2.45, 2.75) is 31.7 Å². The summed E-state index contributed by atoms with van der Waals surface area (Å²) >= 11 is 0. The lowest BCUT2D eigenvalue weighted by Crippen LogP contribution is -2.37. The minimum Gasteiger partial charge on any atom is -0.384 e. The third-order valence-corrected chi connectivity index (χ3v) is 7.93. The number of H-pyrrole nitrogens is 1. The normalized spacial score (nSPS) is 22.9. The Hall–Kier alpha value is -1.67. The second kappa shape index (κ2) is 8.35. The lowest BCUT2D eigenvalue weighted by atomic mass is 9.86. The van der Waals surface area contributed by atoms with Crippen LogP contribution in [0.5, 0.6) is 0 Å². The van der Waals surface area contributed by atoms with Crippen molar-refractivity contribution in [3.8, 4) is 0 Å². The van der Waals surface area contributed by atoms with Gasteiger partial charge in [-0.1, -0.05) is 0 Å². The van der Waals surface area contributed by atoms with Gasteiger partial charge in [0.25, 0.3) is 0 Å². The fourth-order valence-electron chi connectivity index (χ4n) is 3.84. The van der Waals surface area contributed by atoms with Crippen LogP contribution < -0.4 is 4.90 Å². The molecule has 0 radical (unpaired) electrons. The molecule has 0 bridgehead atoms. The predicted molar refractivity (Wildman–Crippen MR) is 106 cm³/mol. The third kappa shape index (κ3) is 4.17. The molecular formula is C18H29N5O2S. The smallest absolute Gasteiger partial charge is 0.142 e. The van der Waals surface area contributed by atoms with E-state index in [-0.39, 0.29) is 0 Å². The fraction of sp³-hybridized carbons (Fsp3) is 0.667. The zero-order chi connectivity index (χ0) is 18.6. The Morgan fingerprint density at radius 2 is 2.12 bits per heavy atom. The van der Waals surface area contributed by atoms with Crippen LogP contribution in [0.25, 0.3) is 11.0 Å². The maximum absolute atomic E-state index is 12.9. The molecule has 2 heterocycles. The van der Waals surface area contributed by atoms with Crippen molar-refractivity contribution >= 4 is 26.6 Å². The molecule has 1 atom stereocenters. The Morgan fingerprint density at radius 1 is 1.35 bits per heavy atom. The SMILES string of the molecule is CN=S(=O)(CCOC)CC1CCC(N(C)c2ncnc3[nH]ccc23)CC1. The molecule has 1 aliphatic carbocycles. The van der Waals surface area contributed by atoms with Gasteiger partial charge in [-0.15, -0.1) is 0 Å². The van der Waals surface area contributed by atoms with E-state index in [4.69, 9.17) is 4.74 Å². The molecule has 0 aliphatic heterocycles. The van der Waals surface area contributed by atoms with Gasteiger partial charge in [-0.25, -0.2) is 18.5 Å². The highest BCUT2D eigenvalue weighted by Crippen LogP contribution is 2.32. The number of aromatic amines is 1. The van der Waals surface area contributed by atoms with Crippen LogP contribution in [-0.4, -0.2) is 64.5 Å². The molecule has 2 aromatic rings. The minimum absolute atomic E-state index is 0.452. The monoisotopic (exact) mass is 379 g/mol. The number of aromatic nitrogens is 3. The number of fused-ring (bicyclic) bond motifs is 1. The highest BCUT2D eigenvalue weighted by atomic mass is 32.2. The molecule has 2 aromatic heterocycles. The van der Waals surface area contributed by atoms with Gasteiger partial charge in [0.1, 0.15) is 17.8 Å². The van der Waals surface area contributed by atoms with Crippen LogP contribution in [0.15, 0.2) is 23.0 Å². The number of anilines is 1. The Morgan fingerprint density at radius 3 is 2.81 bits per heavy atom. The number of hydrogen-bond acceptors (Lipinski definition) is 6. The summed E-state index contributed by atoms with van der Waals surface area (Å²) in [6, 6.07) is 2.48. The summed E-state index contributed by atoms with van der Waals surface area (Å²) in [5.41, 5.74) is 0.873. The van der Waals surface area contributed by atoms with Gasteiger partial charge < -0.3 is 14.6 Å². The largest absolute Gasteiger partial charge is 0.384 e. The lowest BCUT2D eigenvalue weighted by molar-refractivity contribution is 0.217. The van der Waals surface area contributed by atoms with E-state index in [1.165, 1.54) is 0 Å². The topological polar surface area (TPSA) is 83.5 Å². The predicted octanol–water partition coefficient (Wildman–Crippen LogP) is 2.70. The van der Waals surface area contributed by atoms with Gasteiger partial charge >= 0.3 is 0 Å². The van der Waals surface area contributed by atoms with Gasteiger partial charge in [0, 0.05) is 48.9 Å². The van der Waals surface area contributed by atoms with Crippen molar-refractivity contribution in [1.29, 1.82) is 0 Å². The molecule has 0 saturated heterocycles. The number of methoxy groups -OCH3 is 1. The van der Waals surface area contributed by atoms with Gasteiger partial charge in [-0.3, -0.25) is 0 Å². The van der Waals surface area contributed by atoms with E-state index in [1.807, 2.05) is 12.3 Å². The summed E-state index contributed by atoms with van der Waals surface area (Å²) in [5, 5.41) is 1.06. The summed E-state index contributed by atoms with van der Waals surface area (Å²) in [7, 11) is 3.29. The molecule has 7 nitrogen and oxygen atoms in total. The van der Waals surface area contributed by atoms with E-state index >= 15 is 0 Å². The number of nitrogens with zero attached hydrogens (tertiary/aromatic N) is 4. The van der Waals surface area contributed by atoms with E-state index in [1.54, 1.807) is 20.5 Å². The fourth-order valence-corrected chi connectivity index (χ4v) is 5.84. The average Bonchev–Trinajstić information content (AvgIpc) is 3.15. The molecule has 3 rings (SSSR count). The van der Waals surface area contributed by atoms with E-state index in [0.717, 1.165) is 42.5 Å². The third-order valence-electron chi connectivity index (χ3n) is 5.47. The molecule has 8 heteroatoms. The number of rotatable bonds is 7. The van der Waals surface area contributed by atoms with Crippen LogP contribution in [-0.2, 0) is 14.5 Å². The molecular weight excluding hydrogens is 350 g/mol. The van der Waals surface area contributed by atoms with Crippen LogP contribution >= 0.6 is 0 Å². The summed E-state index contributed by atoms with van der Waals surface area (Å²) in [6.07, 6.45) is 7.84. The van der Waals surface area contributed by atoms with Crippen LogP contribution in [0.1, 0.15) is 25.7 Å². The van der Waals surface area contributed by atoms with E-state index < -0.39 is 9.73 Å². The summed E-state index contributed by atoms with van der Waals surface area (Å²) < 4.78 is 22.2. The van der Waals surface area contributed by atoms with Crippen LogP contribution in [0.2, 0.25) is 0 Å². The van der Waals surface area contributed by atoms with Crippen molar-refractivity contribution in [2.24, 2.45) is 10.3 Å². The van der Waals surface area contributed by atoms with Crippen molar-refractivity contribution in [3.05, 3.63) is 18.6 Å². The first kappa shape index (κ1) is 19.1. The van der Waals surface area contributed by atoms with Crippen molar-refractivity contribution in [2.75, 3.05) is 44.2 Å². The second-order valence-corrected chi connectivity index (χ2v) is 9.69. The Kier molecular flexibility index (Phi) is 6.13. The van der Waals surface area contributed by atoms with E-state index in [2.05, 4.69) is 31.3 Å². The van der Waals surface area contributed by atoms with Crippen LogP contribution in [0.4, 0.5) is 5.82 Å². The van der Waals surface area contributed by atoms with Gasteiger partial charge in [-0.05, 0) is 37.7 Å². The molecule has 1 aliphatic rings. The molecule has 1 unspecified atom stereocenters. The zero-order valence-corrected chi connectivity index (χ0v) is 16.7. The average molecular weight is 380 g/mol. The van der Waals surface area contributed by atoms with Crippen molar-refractivity contribution < 1.29 is 8.95 Å². The first-order valence-corrected chi connectivity index (χ1v) is 11.0. The maximum atomic E-state index is 12.9. The Labute approximate surface area is 155 Å². The molecule has 144 valence electrons. The minimum atomic E-state index is -2.14. The molecule has 1 fully saturated rings. The first-order valence-electron chi connectivity index (χ1n) is 9.17. The molecule has 0 spiro atoms. The van der Waals surface area contributed by atoms with Gasteiger partial charge in [0.15, 0.2) is 0 Å². The first-order chi connectivity index (χ1) is 12.6. The van der Waals surface area contributed by atoms with Gasteiger partial charge in [-0.2, -0.15) is 0 Å². The second-order valence-electron chi connectivity index (χ2n) is 7.04. The molecule has 1 saturated carbocycles. The van der Waals surface area contributed by atoms with Crippen LogP contribution in [0, 0.1) is 5.92 Å². The highest BCUT2D eigenvalue weighted by Gasteiger charge is 2.28. The van der Waals surface area contributed by atoms with Crippen LogP contribution in [0.3, 0.4) is 0 Å². The quantitative estimate of drug-likeness (QED) is 0.800. The molecule has 0 aromatic carbocycles. The number of ether oxygens (including phenoxy) is 1. The zero-order valence-electron chi connectivity index (χ0n) is 15.9. The molecule has 1 N–H and O–H groups in total. The summed E-state index contributed by atoms with van der Waals surface area (Å²) in [4.78, 5) is 14.2. The molecule has 0 amide bonds. The number of hydrogen-bond donors (Lipinski definition) is 1. The van der Waals surface area contributed by atoms with Crippen molar-refractivity contribution in [1.82, 2.24) is 15.0 Å². The lowest BCUT2D eigenvalue weighted by Gasteiger charge is -2.35. The molecule has 26 heavy (non-hydrogen) atoms. The summed E-state index contributed by atoms with van der Waals surface area (Å²) in [5.74, 6) is 2.68. The maximum Gasteiger partial charge on any atom is 0.142 e. The number of nitrogens with one attached hydrogen (secondary N) is 1. The van der Waals surface area contributed by atoms with E-state index in [9.17, 15) is 4.21 Å². The van der Waals surface area contributed by atoms with Gasteiger partial charge in [0.05, 0.1) is 17.7 Å². The highest BCUT2D eigenvalue weighted by molar-refractivity contribution is 7.93. The van der Waals surface area contributed by atoms with Gasteiger partial charge in [0.2, 0.25) is 0 Å². The Bertz CT molecular complexity index is 835. The Balaban J connectivity index is 1.61. The standard InChI is InChI=1S/C18H29N5O2S/c1-19-26(24,11-10-25-3)12-14-4-6-15(7-5-14)23(2)18-16-8-9-20-17(16)21-13-22-18/h8-9,13-15H,4-7,10-12H2,1-3H3,(H,20,21,22). The van der Waals surface area contributed by atoms with E-state index in [0.29, 0.717) is 30.1 Å². The van der Waals surface area contributed by atoms with Crippen molar-refractivity contribution in [3.63, 3.8) is 0 Å².